The number of nitrogens with one attached hydrogen (secondary N) is 1. The van der Waals surface area contributed by atoms with E-state index in [-0.39, 0.29) is 11.9 Å². The lowest BCUT2D eigenvalue weighted by molar-refractivity contribution is 0.0940. The molecule has 20 heavy (non-hydrogen) atoms. The summed E-state index contributed by atoms with van der Waals surface area (Å²) in [5.41, 5.74) is 1.14. The van der Waals surface area contributed by atoms with E-state index in [4.69, 9.17) is 5.26 Å². The molecule has 0 radical (unpaired) electrons. The van der Waals surface area contributed by atoms with Gasteiger partial charge >= 0.3 is 0 Å². The largest absolute Gasteiger partial charge is 0.349 e. The molecule has 1 heterocycles. The number of amides is 1. The van der Waals surface area contributed by atoms with Crippen LogP contribution in [-0.2, 0) is 6.42 Å². The number of nitrogens with zero attached hydrogens (tertiary/aromatic N) is 1. The molecule has 0 fully saturated rings. The van der Waals surface area contributed by atoms with Crippen LogP contribution in [0.15, 0.2) is 36.4 Å². The highest BCUT2D eigenvalue weighted by molar-refractivity contribution is 7.11. The molecule has 2 aromatic rings. The zero-order valence-electron chi connectivity index (χ0n) is 11.5. The maximum atomic E-state index is 12.1. The molecule has 1 N–H and O–H groups in total. The number of carbonyl (C=O) groups excluding carboxylic acids is 1. The van der Waals surface area contributed by atoms with Gasteiger partial charge in [0.05, 0.1) is 11.6 Å². The molecule has 2 rings (SSSR count). The van der Waals surface area contributed by atoms with Crippen molar-refractivity contribution in [3.63, 3.8) is 0 Å². The molecule has 0 saturated carbocycles. The van der Waals surface area contributed by atoms with Crippen LogP contribution in [-0.4, -0.2) is 11.9 Å². The van der Waals surface area contributed by atoms with Crippen LogP contribution in [0.3, 0.4) is 0 Å². The maximum Gasteiger partial charge on any atom is 0.251 e. The fraction of sp³-hybridized carbons (Fsp3) is 0.250. The second kappa shape index (κ2) is 6.36. The van der Waals surface area contributed by atoms with Gasteiger partial charge in [-0.3, -0.25) is 4.79 Å². The summed E-state index contributed by atoms with van der Waals surface area (Å²) in [6.45, 7) is 4.07. The number of benzene rings is 1. The van der Waals surface area contributed by atoms with Crippen LogP contribution < -0.4 is 5.32 Å². The first-order valence-corrected chi connectivity index (χ1v) is 7.26. The first-order chi connectivity index (χ1) is 9.58. The molecule has 0 bridgehead atoms. The number of hydrogen-bond donors (Lipinski definition) is 1. The van der Waals surface area contributed by atoms with E-state index in [1.807, 2.05) is 13.0 Å². The van der Waals surface area contributed by atoms with Crippen molar-refractivity contribution in [1.82, 2.24) is 5.32 Å². The Balaban J connectivity index is 1.94. The van der Waals surface area contributed by atoms with Crippen molar-refractivity contribution in [3.8, 4) is 6.07 Å². The van der Waals surface area contributed by atoms with Gasteiger partial charge < -0.3 is 5.32 Å². The standard InChI is InChI=1S/C16H16N2OS/c1-11(9-15-8-3-12(2)20-15)18-16(19)14-6-4-13(10-17)5-7-14/h3-8,11H,9H2,1-2H3,(H,18,19). The van der Waals surface area contributed by atoms with E-state index in [9.17, 15) is 4.79 Å². The van der Waals surface area contributed by atoms with Crippen molar-refractivity contribution >= 4 is 17.2 Å². The van der Waals surface area contributed by atoms with E-state index in [0.29, 0.717) is 11.1 Å². The van der Waals surface area contributed by atoms with Crippen molar-refractivity contribution in [1.29, 1.82) is 5.26 Å². The zero-order valence-corrected chi connectivity index (χ0v) is 12.3. The van der Waals surface area contributed by atoms with Gasteiger partial charge in [-0.05, 0) is 50.2 Å². The fourth-order valence-electron chi connectivity index (χ4n) is 1.95. The number of carbonyl (C=O) groups is 1. The molecule has 0 aliphatic heterocycles. The van der Waals surface area contributed by atoms with Crippen LogP contribution in [0.5, 0.6) is 0 Å². The highest BCUT2D eigenvalue weighted by Gasteiger charge is 2.11. The van der Waals surface area contributed by atoms with Crippen LogP contribution >= 0.6 is 11.3 Å². The number of aryl methyl sites for hydroxylation is 1. The zero-order chi connectivity index (χ0) is 14.5. The van der Waals surface area contributed by atoms with Crippen molar-refractivity contribution in [2.75, 3.05) is 0 Å². The SMILES string of the molecule is Cc1ccc(CC(C)NC(=O)c2ccc(C#N)cc2)s1. The summed E-state index contributed by atoms with van der Waals surface area (Å²) < 4.78 is 0. The first-order valence-electron chi connectivity index (χ1n) is 6.45. The van der Waals surface area contributed by atoms with Crippen LogP contribution in [0, 0.1) is 18.3 Å². The molecule has 1 unspecified atom stereocenters. The number of nitriles is 1. The third-order valence-corrected chi connectivity index (χ3v) is 3.98. The average molecular weight is 284 g/mol. The van der Waals surface area contributed by atoms with Gasteiger partial charge in [-0.2, -0.15) is 5.26 Å². The molecular formula is C16H16N2OS. The van der Waals surface area contributed by atoms with E-state index >= 15 is 0 Å². The molecular weight excluding hydrogens is 268 g/mol. The van der Waals surface area contributed by atoms with Crippen LogP contribution in [0.25, 0.3) is 0 Å². The summed E-state index contributed by atoms with van der Waals surface area (Å²) >= 11 is 1.76. The molecule has 0 spiro atoms. The second-order valence-corrected chi connectivity index (χ2v) is 6.15. The lowest BCUT2D eigenvalue weighted by atomic mass is 10.1. The Kier molecular flexibility index (Phi) is 4.54. The Labute approximate surface area is 122 Å². The third kappa shape index (κ3) is 3.69. The van der Waals surface area contributed by atoms with Crippen LogP contribution in [0.2, 0.25) is 0 Å². The molecule has 1 aromatic heterocycles. The molecule has 102 valence electrons. The Morgan fingerprint density at radius 1 is 1.30 bits per heavy atom. The number of hydrogen-bond acceptors (Lipinski definition) is 3. The predicted molar refractivity (Wildman–Crippen MR) is 80.8 cm³/mol. The van der Waals surface area contributed by atoms with E-state index < -0.39 is 0 Å². The van der Waals surface area contributed by atoms with Gasteiger partial charge in [0.15, 0.2) is 0 Å². The smallest absolute Gasteiger partial charge is 0.251 e. The fourth-order valence-corrected chi connectivity index (χ4v) is 2.97. The highest BCUT2D eigenvalue weighted by atomic mass is 32.1. The summed E-state index contributed by atoms with van der Waals surface area (Å²) in [6, 6.07) is 13.0. The summed E-state index contributed by atoms with van der Waals surface area (Å²) in [4.78, 5) is 14.6. The van der Waals surface area contributed by atoms with Gasteiger partial charge in [0.1, 0.15) is 0 Å². The van der Waals surface area contributed by atoms with Gasteiger partial charge in [-0.15, -0.1) is 11.3 Å². The Hall–Kier alpha value is -2.12. The molecule has 1 atom stereocenters. The van der Waals surface area contributed by atoms with Gasteiger partial charge in [0.2, 0.25) is 0 Å². The molecule has 0 aliphatic carbocycles. The average Bonchev–Trinajstić information content (AvgIpc) is 2.84. The molecule has 3 nitrogen and oxygen atoms in total. The van der Waals surface area contributed by atoms with Crippen molar-refractivity contribution in [3.05, 3.63) is 57.3 Å². The quantitative estimate of drug-likeness (QED) is 0.936. The summed E-state index contributed by atoms with van der Waals surface area (Å²) in [7, 11) is 0. The van der Waals surface area contributed by atoms with Gasteiger partial charge in [0, 0.05) is 27.8 Å². The minimum atomic E-state index is -0.102. The maximum absolute atomic E-state index is 12.1. The lowest BCUT2D eigenvalue weighted by Crippen LogP contribution is -2.33. The van der Waals surface area contributed by atoms with Crippen LogP contribution in [0.1, 0.15) is 32.6 Å². The van der Waals surface area contributed by atoms with Gasteiger partial charge in [-0.25, -0.2) is 0 Å². The lowest BCUT2D eigenvalue weighted by Gasteiger charge is -2.13. The van der Waals surface area contributed by atoms with E-state index in [2.05, 4.69) is 24.4 Å². The third-order valence-electron chi connectivity index (χ3n) is 2.96. The van der Waals surface area contributed by atoms with Crippen molar-refractivity contribution in [2.45, 2.75) is 26.3 Å². The molecule has 1 amide bonds. The predicted octanol–water partition coefficient (Wildman–Crippen LogP) is 3.29. The summed E-state index contributed by atoms with van der Waals surface area (Å²) in [5, 5.41) is 11.7. The minimum absolute atomic E-state index is 0.0798. The van der Waals surface area contributed by atoms with E-state index in [0.717, 1.165) is 6.42 Å². The Morgan fingerprint density at radius 3 is 2.55 bits per heavy atom. The monoisotopic (exact) mass is 284 g/mol. The normalized spacial score (nSPS) is 11.7. The molecule has 0 aliphatic rings. The first kappa shape index (κ1) is 14.3. The van der Waals surface area contributed by atoms with Gasteiger partial charge in [-0.1, -0.05) is 0 Å². The number of thiophene rings is 1. The number of rotatable bonds is 4. The topological polar surface area (TPSA) is 52.9 Å². The highest BCUT2D eigenvalue weighted by Crippen LogP contribution is 2.16. The van der Waals surface area contributed by atoms with Crippen molar-refractivity contribution in [2.24, 2.45) is 0 Å². The van der Waals surface area contributed by atoms with Crippen LogP contribution in [0.4, 0.5) is 0 Å². The van der Waals surface area contributed by atoms with E-state index in [1.165, 1.54) is 9.75 Å². The molecule has 1 aromatic carbocycles. The van der Waals surface area contributed by atoms with Crippen molar-refractivity contribution < 1.29 is 4.79 Å². The summed E-state index contributed by atoms with van der Waals surface area (Å²) in [5.74, 6) is -0.102. The van der Waals surface area contributed by atoms with E-state index in [1.54, 1.807) is 35.6 Å². The molecule has 0 saturated heterocycles. The Morgan fingerprint density at radius 2 is 2.00 bits per heavy atom. The van der Waals surface area contributed by atoms with Gasteiger partial charge in [0.25, 0.3) is 5.91 Å². The minimum Gasteiger partial charge on any atom is -0.349 e. The Bertz CT molecular complexity index is 637. The second-order valence-electron chi connectivity index (χ2n) is 4.78. The summed E-state index contributed by atoms with van der Waals surface area (Å²) in [6.07, 6.45) is 0.834. The molecule has 4 heteroatoms.